The smallest absolute Gasteiger partial charge is 0.255 e. The highest BCUT2D eigenvalue weighted by Crippen LogP contribution is 2.27. The van der Waals surface area contributed by atoms with Gasteiger partial charge in [0.1, 0.15) is 5.75 Å². The zero-order chi connectivity index (χ0) is 17.2. The summed E-state index contributed by atoms with van der Waals surface area (Å²) in [5.74, 6) is 1.15. The number of hydrogen-bond donors (Lipinski definition) is 2. The zero-order valence-corrected chi connectivity index (χ0v) is 14.5. The zero-order valence-electron chi connectivity index (χ0n) is 14.5. The lowest BCUT2D eigenvalue weighted by Gasteiger charge is -2.21. The molecule has 0 radical (unpaired) electrons. The van der Waals surface area contributed by atoms with E-state index in [4.69, 9.17) is 4.74 Å². The summed E-state index contributed by atoms with van der Waals surface area (Å²) in [6.45, 7) is 0.858. The topological polar surface area (TPSA) is 67.4 Å². The van der Waals surface area contributed by atoms with E-state index >= 15 is 0 Å². The highest BCUT2D eigenvalue weighted by molar-refractivity contribution is 5.96. The van der Waals surface area contributed by atoms with E-state index in [1.54, 1.807) is 25.3 Å². The van der Waals surface area contributed by atoms with E-state index in [-0.39, 0.29) is 11.8 Å². The number of amides is 2. The molecule has 0 aromatic heterocycles. The fraction of sp³-hybridized carbons (Fsp3) is 0.579. The van der Waals surface area contributed by atoms with E-state index in [1.165, 1.54) is 32.1 Å². The monoisotopic (exact) mass is 332 g/mol. The summed E-state index contributed by atoms with van der Waals surface area (Å²) >= 11 is 0. The standard InChI is InChI=1S/C19H28N2O3/c1-24-17-10-6-5-9-16(17)19(23)21-14-13-20-18(22)12-11-15-7-3-2-4-8-15/h5-6,9-10,15H,2-4,7-8,11-14H2,1H3,(H,20,22)(H,21,23). The predicted octanol–water partition coefficient (Wildman–Crippen LogP) is 2.90. The van der Waals surface area contributed by atoms with Gasteiger partial charge in [-0.25, -0.2) is 0 Å². The van der Waals surface area contributed by atoms with Gasteiger partial charge in [-0.05, 0) is 24.5 Å². The molecule has 2 N–H and O–H groups in total. The molecule has 1 saturated carbocycles. The summed E-state index contributed by atoms with van der Waals surface area (Å²) in [7, 11) is 1.54. The van der Waals surface area contributed by atoms with Crippen LogP contribution in [0.2, 0.25) is 0 Å². The van der Waals surface area contributed by atoms with Crippen LogP contribution in [0.3, 0.4) is 0 Å². The van der Waals surface area contributed by atoms with Crippen molar-refractivity contribution >= 4 is 11.8 Å². The Balaban J connectivity index is 1.61. The SMILES string of the molecule is COc1ccccc1C(=O)NCCNC(=O)CCC1CCCCC1. The lowest BCUT2D eigenvalue weighted by atomic mass is 9.86. The number of para-hydroxylation sites is 1. The largest absolute Gasteiger partial charge is 0.496 e. The van der Waals surface area contributed by atoms with E-state index in [1.807, 2.05) is 6.07 Å². The van der Waals surface area contributed by atoms with Crippen LogP contribution in [0.4, 0.5) is 0 Å². The molecule has 0 spiro atoms. The summed E-state index contributed by atoms with van der Waals surface area (Å²) in [6, 6.07) is 7.09. The summed E-state index contributed by atoms with van der Waals surface area (Å²) in [5.41, 5.74) is 0.503. The van der Waals surface area contributed by atoms with Gasteiger partial charge in [-0.2, -0.15) is 0 Å². The fourth-order valence-electron chi connectivity index (χ4n) is 3.20. The average Bonchev–Trinajstić information content (AvgIpc) is 2.64. The quantitative estimate of drug-likeness (QED) is 0.719. The number of hydrogen-bond acceptors (Lipinski definition) is 3. The molecule has 0 unspecified atom stereocenters. The maximum Gasteiger partial charge on any atom is 0.255 e. The minimum atomic E-state index is -0.191. The highest BCUT2D eigenvalue weighted by Gasteiger charge is 2.15. The Labute approximate surface area is 144 Å². The van der Waals surface area contributed by atoms with Gasteiger partial charge in [0.2, 0.25) is 5.91 Å². The lowest BCUT2D eigenvalue weighted by Crippen LogP contribution is -2.34. The van der Waals surface area contributed by atoms with Crippen molar-refractivity contribution in [3.63, 3.8) is 0 Å². The normalized spacial score (nSPS) is 14.9. The molecule has 132 valence electrons. The number of nitrogens with one attached hydrogen (secondary N) is 2. The molecule has 1 aliphatic rings. The molecule has 0 aliphatic heterocycles. The van der Waals surface area contributed by atoms with Crippen molar-refractivity contribution in [2.75, 3.05) is 20.2 Å². The van der Waals surface area contributed by atoms with Crippen molar-refractivity contribution in [3.05, 3.63) is 29.8 Å². The van der Waals surface area contributed by atoms with E-state index in [2.05, 4.69) is 10.6 Å². The minimum absolute atomic E-state index is 0.0760. The second kappa shape index (κ2) is 9.96. The summed E-state index contributed by atoms with van der Waals surface area (Å²) in [5, 5.41) is 5.67. The first-order valence-electron chi connectivity index (χ1n) is 8.88. The fourth-order valence-corrected chi connectivity index (χ4v) is 3.20. The Morgan fingerprint density at radius 1 is 1.08 bits per heavy atom. The average molecular weight is 332 g/mol. The Morgan fingerprint density at radius 2 is 1.79 bits per heavy atom. The Kier molecular flexibility index (Phi) is 7.59. The molecule has 0 heterocycles. The first kappa shape index (κ1) is 18.3. The molecule has 1 aromatic rings. The van der Waals surface area contributed by atoms with Crippen LogP contribution in [0.1, 0.15) is 55.3 Å². The molecule has 5 heteroatoms. The van der Waals surface area contributed by atoms with Gasteiger partial charge in [-0.3, -0.25) is 9.59 Å². The van der Waals surface area contributed by atoms with Crippen LogP contribution < -0.4 is 15.4 Å². The molecule has 24 heavy (non-hydrogen) atoms. The number of rotatable bonds is 8. The molecule has 0 atom stereocenters. The molecule has 1 fully saturated rings. The van der Waals surface area contributed by atoms with Gasteiger partial charge >= 0.3 is 0 Å². The number of ether oxygens (including phenoxy) is 1. The maximum atomic E-state index is 12.1. The van der Waals surface area contributed by atoms with Gasteiger partial charge in [-0.15, -0.1) is 0 Å². The minimum Gasteiger partial charge on any atom is -0.496 e. The van der Waals surface area contributed by atoms with Gasteiger partial charge in [0, 0.05) is 19.5 Å². The van der Waals surface area contributed by atoms with E-state index < -0.39 is 0 Å². The number of benzene rings is 1. The van der Waals surface area contributed by atoms with Crippen LogP contribution in [0.15, 0.2) is 24.3 Å². The molecule has 0 bridgehead atoms. The molecule has 5 nitrogen and oxygen atoms in total. The molecule has 0 saturated heterocycles. The molecular weight excluding hydrogens is 304 g/mol. The Hall–Kier alpha value is -2.04. The van der Waals surface area contributed by atoms with Gasteiger partial charge in [0.05, 0.1) is 12.7 Å². The Morgan fingerprint density at radius 3 is 2.54 bits per heavy atom. The van der Waals surface area contributed by atoms with E-state index in [0.29, 0.717) is 30.8 Å². The lowest BCUT2D eigenvalue weighted by molar-refractivity contribution is -0.121. The van der Waals surface area contributed by atoms with Crippen LogP contribution in [-0.4, -0.2) is 32.0 Å². The Bertz CT molecular complexity index is 539. The van der Waals surface area contributed by atoms with Crippen LogP contribution in [0.5, 0.6) is 5.75 Å². The van der Waals surface area contributed by atoms with Gasteiger partial charge in [0.25, 0.3) is 5.91 Å². The first-order chi connectivity index (χ1) is 11.7. The van der Waals surface area contributed by atoms with Gasteiger partial charge < -0.3 is 15.4 Å². The van der Waals surface area contributed by atoms with E-state index in [0.717, 1.165) is 12.3 Å². The molecule has 1 aromatic carbocycles. The first-order valence-corrected chi connectivity index (χ1v) is 8.88. The third-order valence-electron chi connectivity index (χ3n) is 4.59. The number of carbonyl (C=O) groups is 2. The van der Waals surface area contributed by atoms with Crippen LogP contribution in [0.25, 0.3) is 0 Å². The molecule has 2 rings (SSSR count). The van der Waals surface area contributed by atoms with Crippen molar-refractivity contribution in [3.8, 4) is 5.75 Å². The van der Waals surface area contributed by atoms with E-state index in [9.17, 15) is 9.59 Å². The summed E-state index contributed by atoms with van der Waals surface area (Å²) in [6.07, 6.45) is 8.06. The van der Waals surface area contributed by atoms with Crippen LogP contribution in [-0.2, 0) is 4.79 Å². The highest BCUT2D eigenvalue weighted by atomic mass is 16.5. The maximum absolute atomic E-state index is 12.1. The molecule has 2 amide bonds. The number of carbonyl (C=O) groups excluding carboxylic acids is 2. The second-order valence-corrected chi connectivity index (χ2v) is 6.35. The predicted molar refractivity (Wildman–Crippen MR) is 94.1 cm³/mol. The van der Waals surface area contributed by atoms with Crippen LogP contribution in [0, 0.1) is 5.92 Å². The summed E-state index contributed by atoms with van der Waals surface area (Å²) in [4.78, 5) is 24.0. The number of methoxy groups -OCH3 is 1. The third-order valence-corrected chi connectivity index (χ3v) is 4.59. The van der Waals surface area contributed by atoms with Crippen molar-refractivity contribution in [1.82, 2.24) is 10.6 Å². The molecular formula is C19H28N2O3. The van der Waals surface area contributed by atoms with Crippen LogP contribution >= 0.6 is 0 Å². The van der Waals surface area contributed by atoms with Crippen molar-refractivity contribution in [2.45, 2.75) is 44.9 Å². The van der Waals surface area contributed by atoms with Gasteiger partial charge in [-0.1, -0.05) is 44.2 Å². The van der Waals surface area contributed by atoms with Crippen molar-refractivity contribution < 1.29 is 14.3 Å². The third kappa shape index (κ3) is 5.87. The van der Waals surface area contributed by atoms with Crippen molar-refractivity contribution in [1.29, 1.82) is 0 Å². The second-order valence-electron chi connectivity index (χ2n) is 6.35. The molecule has 1 aliphatic carbocycles. The van der Waals surface area contributed by atoms with Gasteiger partial charge in [0.15, 0.2) is 0 Å². The summed E-state index contributed by atoms with van der Waals surface area (Å²) < 4.78 is 5.17. The van der Waals surface area contributed by atoms with Crippen molar-refractivity contribution in [2.24, 2.45) is 5.92 Å².